The highest BCUT2D eigenvalue weighted by molar-refractivity contribution is 8.18. The lowest BCUT2D eigenvalue weighted by Gasteiger charge is -2.14. The zero-order valence-electron chi connectivity index (χ0n) is 16.4. The number of fused-ring (bicyclic) bond motifs is 1. The van der Waals surface area contributed by atoms with Gasteiger partial charge in [-0.2, -0.15) is 0 Å². The van der Waals surface area contributed by atoms with Crippen LogP contribution in [0.2, 0.25) is 0 Å². The monoisotopic (exact) mass is 443 g/mol. The SMILES string of the molecule is O=C1S/C(=C/c2ccc(Sc3ccccc3)o2)C(=O)N1Cc1cccc2ccccc12. The molecule has 1 fully saturated rings. The summed E-state index contributed by atoms with van der Waals surface area (Å²) in [5, 5.41) is 2.59. The molecule has 4 aromatic rings. The van der Waals surface area contributed by atoms with E-state index < -0.39 is 0 Å². The Bertz CT molecular complexity index is 1310. The van der Waals surface area contributed by atoms with Gasteiger partial charge in [0.1, 0.15) is 5.76 Å². The molecule has 0 spiro atoms. The van der Waals surface area contributed by atoms with Crippen molar-refractivity contribution < 1.29 is 14.0 Å². The predicted octanol–water partition coefficient (Wildman–Crippen LogP) is 6.82. The van der Waals surface area contributed by atoms with Gasteiger partial charge in [0.25, 0.3) is 11.1 Å². The Morgan fingerprint density at radius 2 is 1.65 bits per heavy atom. The molecule has 4 nitrogen and oxygen atoms in total. The van der Waals surface area contributed by atoms with Crippen molar-refractivity contribution in [2.75, 3.05) is 0 Å². The highest BCUT2D eigenvalue weighted by Gasteiger charge is 2.35. The molecule has 0 aliphatic carbocycles. The third kappa shape index (κ3) is 4.17. The van der Waals surface area contributed by atoms with Gasteiger partial charge in [0.2, 0.25) is 0 Å². The number of nitrogens with zero attached hydrogens (tertiary/aromatic N) is 1. The molecule has 1 aliphatic rings. The molecule has 3 aromatic carbocycles. The van der Waals surface area contributed by atoms with Crippen LogP contribution in [0.4, 0.5) is 4.79 Å². The van der Waals surface area contributed by atoms with Crippen molar-refractivity contribution in [3.63, 3.8) is 0 Å². The average molecular weight is 444 g/mol. The van der Waals surface area contributed by atoms with Gasteiger partial charge < -0.3 is 4.42 Å². The van der Waals surface area contributed by atoms with Crippen LogP contribution in [-0.4, -0.2) is 16.0 Å². The van der Waals surface area contributed by atoms with Gasteiger partial charge in [-0.3, -0.25) is 14.5 Å². The first-order chi connectivity index (χ1) is 15.2. The summed E-state index contributed by atoms with van der Waals surface area (Å²) in [5.41, 5.74) is 0.946. The summed E-state index contributed by atoms with van der Waals surface area (Å²) >= 11 is 2.45. The van der Waals surface area contributed by atoms with Crippen molar-refractivity contribution in [1.82, 2.24) is 4.90 Å². The van der Waals surface area contributed by atoms with Crippen molar-refractivity contribution in [3.8, 4) is 0 Å². The van der Waals surface area contributed by atoms with Gasteiger partial charge in [0.05, 0.1) is 11.4 Å². The minimum Gasteiger partial charge on any atom is -0.450 e. The second-order valence-electron chi connectivity index (χ2n) is 6.98. The molecule has 0 radical (unpaired) electrons. The number of amides is 2. The van der Waals surface area contributed by atoms with Gasteiger partial charge in [0, 0.05) is 11.0 Å². The van der Waals surface area contributed by atoms with E-state index in [1.54, 1.807) is 6.08 Å². The molecule has 2 amide bonds. The van der Waals surface area contributed by atoms with E-state index in [0.717, 1.165) is 38.1 Å². The van der Waals surface area contributed by atoms with E-state index in [4.69, 9.17) is 4.42 Å². The van der Waals surface area contributed by atoms with Crippen LogP contribution in [0.5, 0.6) is 0 Å². The zero-order chi connectivity index (χ0) is 21.2. The quantitative estimate of drug-likeness (QED) is 0.317. The van der Waals surface area contributed by atoms with Gasteiger partial charge in [0.15, 0.2) is 5.09 Å². The van der Waals surface area contributed by atoms with Crippen LogP contribution in [0.25, 0.3) is 16.8 Å². The Morgan fingerprint density at radius 1 is 0.871 bits per heavy atom. The maximum atomic E-state index is 12.9. The van der Waals surface area contributed by atoms with Crippen molar-refractivity contribution in [1.29, 1.82) is 0 Å². The van der Waals surface area contributed by atoms with Gasteiger partial charge in [-0.1, -0.05) is 72.4 Å². The van der Waals surface area contributed by atoms with Crippen LogP contribution in [0, 0.1) is 0 Å². The molecule has 1 aromatic heterocycles. The molecule has 2 heterocycles. The van der Waals surface area contributed by atoms with Crippen molar-refractivity contribution in [3.05, 3.63) is 101 Å². The Balaban J connectivity index is 1.35. The maximum Gasteiger partial charge on any atom is 0.293 e. The van der Waals surface area contributed by atoms with E-state index in [1.807, 2.05) is 84.9 Å². The molecule has 1 aliphatic heterocycles. The Morgan fingerprint density at radius 3 is 2.52 bits per heavy atom. The topological polar surface area (TPSA) is 50.5 Å². The normalized spacial score (nSPS) is 15.4. The highest BCUT2D eigenvalue weighted by atomic mass is 32.2. The highest BCUT2D eigenvalue weighted by Crippen LogP contribution is 2.35. The first-order valence-electron chi connectivity index (χ1n) is 9.72. The number of benzene rings is 3. The predicted molar refractivity (Wildman–Crippen MR) is 125 cm³/mol. The molecular weight excluding hydrogens is 426 g/mol. The molecule has 0 bridgehead atoms. The van der Waals surface area contributed by atoms with E-state index >= 15 is 0 Å². The molecule has 0 saturated carbocycles. The minimum absolute atomic E-state index is 0.247. The molecular formula is C25H17NO3S2. The van der Waals surface area contributed by atoms with Crippen molar-refractivity contribution in [2.45, 2.75) is 16.5 Å². The summed E-state index contributed by atoms with van der Waals surface area (Å²) in [6, 6.07) is 27.5. The number of hydrogen-bond acceptors (Lipinski definition) is 5. The first-order valence-corrected chi connectivity index (χ1v) is 11.4. The van der Waals surface area contributed by atoms with Gasteiger partial charge in [-0.05, 0) is 52.4 Å². The fourth-order valence-corrected chi connectivity index (χ4v) is 5.06. The molecule has 0 unspecified atom stereocenters. The van der Waals surface area contributed by atoms with E-state index in [9.17, 15) is 9.59 Å². The molecule has 6 heteroatoms. The Hall–Kier alpha value is -3.22. The van der Waals surface area contributed by atoms with Crippen LogP contribution >= 0.6 is 23.5 Å². The van der Waals surface area contributed by atoms with E-state index in [1.165, 1.54) is 16.7 Å². The third-order valence-corrected chi connectivity index (χ3v) is 6.75. The third-order valence-electron chi connectivity index (χ3n) is 4.92. The number of furan rings is 1. The van der Waals surface area contributed by atoms with Crippen LogP contribution in [0.15, 0.2) is 104 Å². The number of thioether (sulfide) groups is 1. The largest absolute Gasteiger partial charge is 0.450 e. The van der Waals surface area contributed by atoms with Crippen LogP contribution in [0.3, 0.4) is 0 Å². The standard InChI is InChI=1S/C25H17NO3S2/c27-24-22(15-19-13-14-23(29-19)30-20-10-2-1-3-11-20)31-25(28)26(24)16-18-9-6-8-17-7-4-5-12-21(17)18/h1-15H,16H2/b22-15+. The summed E-state index contributed by atoms with van der Waals surface area (Å²) in [6.45, 7) is 0.247. The fraction of sp³-hybridized carbons (Fsp3) is 0.0400. The first kappa shape index (κ1) is 19.7. The van der Waals surface area contributed by atoms with Gasteiger partial charge in [-0.15, -0.1) is 0 Å². The number of carbonyl (C=O) groups excluding carboxylic acids is 2. The molecule has 0 N–H and O–H groups in total. The summed E-state index contributed by atoms with van der Waals surface area (Å²) in [4.78, 5) is 28.2. The second-order valence-corrected chi connectivity index (χ2v) is 9.05. The van der Waals surface area contributed by atoms with Crippen molar-refractivity contribution in [2.24, 2.45) is 0 Å². The van der Waals surface area contributed by atoms with Crippen molar-refractivity contribution >= 4 is 51.5 Å². The smallest absolute Gasteiger partial charge is 0.293 e. The number of hydrogen-bond donors (Lipinski definition) is 0. The molecule has 1 saturated heterocycles. The van der Waals surface area contributed by atoms with Crippen LogP contribution in [0.1, 0.15) is 11.3 Å². The lowest BCUT2D eigenvalue weighted by atomic mass is 10.0. The summed E-state index contributed by atoms with van der Waals surface area (Å²) < 4.78 is 5.84. The molecule has 0 atom stereocenters. The molecule has 152 valence electrons. The lowest BCUT2D eigenvalue weighted by molar-refractivity contribution is -0.123. The summed E-state index contributed by atoms with van der Waals surface area (Å²) in [5.74, 6) is 0.255. The van der Waals surface area contributed by atoms with E-state index in [-0.39, 0.29) is 17.7 Å². The summed E-state index contributed by atoms with van der Waals surface area (Å²) in [6.07, 6.45) is 1.64. The lowest BCUT2D eigenvalue weighted by Crippen LogP contribution is -2.27. The second kappa shape index (κ2) is 8.49. The molecule has 5 rings (SSSR count). The number of imide groups is 1. The van der Waals surface area contributed by atoms with Gasteiger partial charge >= 0.3 is 0 Å². The average Bonchev–Trinajstić information content (AvgIpc) is 3.34. The van der Waals surface area contributed by atoms with Crippen LogP contribution < -0.4 is 0 Å². The Labute approximate surface area is 187 Å². The number of rotatable bonds is 5. The van der Waals surface area contributed by atoms with Gasteiger partial charge in [-0.25, -0.2) is 0 Å². The molecule has 31 heavy (non-hydrogen) atoms. The maximum absolute atomic E-state index is 12.9. The fourth-order valence-electron chi connectivity index (χ4n) is 3.44. The Kier molecular flexibility index (Phi) is 5.40. The summed E-state index contributed by atoms with van der Waals surface area (Å²) in [7, 11) is 0. The minimum atomic E-state index is -0.295. The van der Waals surface area contributed by atoms with Crippen LogP contribution in [-0.2, 0) is 11.3 Å². The zero-order valence-corrected chi connectivity index (χ0v) is 18.0. The van der Waals surface area contributed by atoms with E-state index in [0.29, 0.717) is 10.7 Å². The number of carbonyl (C=O) groups is 2. The van der Waals surface area contributed by atoms with E-state index in [2.05, 4.69) is 0 Å².